The smallest absolute Gasteiger partial charge is 0.247 e. The molecule has 0 amide bonds. The van der Waals surface area contributed by atoms with Gasteiger partial charge in [-0.25, -0.2) is 0 Å². The summed E-state index contributed by atoms with van der Waals surface area (Å²) in [5, 5.41) is 18.5. The summed E-state index contributed by atoms with van der Waals surface area (Å²) >= 11 is 6.04. The minimum absolute atomic E-state index is 0.0485. The Morgan fingerprint density at radius 1 is 1.04 bits per heavy atom. The van der Waals surface area contributed by atoms with Gasteiger partial charge in [0.05, 0.1) is 6.04 Å². The third kappa shape index (κ3) is 3.91. The maximum Gasteiger partial charge on any atom is 0.247 e. The van der Waals surface area contributed by atoms with Crippen LogP contribution in [0.2, 0.25) is 5.02 Å². The number of nitrogens with zero attached hydrogens (tertiary/aromatic N) is 4. The fraction of sp³-hybridized carbons (Fsp3) is 0.300. The average Bonchev–Trinajstić information content (AvgIpc) is 3.18. The highest BCUT2D eigenvalue weighted by Gasteiger charge is 2.26. The number of phenols is 1. The zero-order chi connectivity index (χ0) is 18.8. The lowest BCUT2D eigenvalue weighted by atomic mass is 10.2. The van der Waals surface area contributed by atoms with Crippen molar-refractivity contribution in [2.24, 2.45) is 0 Å². The summed E-state index contributed by atoms with van der Waals surface area (Å²) in [7, 11) is 0. The van der Waals surface area contributed by atoms with Crippen molar-refractivity contribution in [3.05, 3.63) is 59.4 Å². The third-order valence-corrected chi connectivity index (χ3v) is 5.18. The second-order valence-electron chi connectivity index (χ2n) is 6.67. The minimum atomic E-state index is 0.0485. The maximum atomic E-state index is 9.44. The second-order valence-corrected chi connectivity index (χ2v) is 7.11. The SMILES string of the molecule is C[C@H](c1nnc(-c2cccc(Cl)c2)o1)N1CCN(c2ccc(O)cc2)CC1. The molecule has 6 nitrogen and oxygen atoms in total. The Balaban J connectivity index is 1.41. The number of halogens is 1. The molecule has 4 rings (SSSR count). The molecule has 1 aliphatic heterocycles. The van der Waals surface area contributed by atoms with Crippen molar-refractivity contribution in [3.8, 4) is 17.2 Å². The summed E-state index contributed by atoms with van der Waals surface area (Å²) in [6.07, 6.45) is 0. The Hall–Kier alpha value is -2.57. The summed E-state index contributed by atoms with van der Waals surface area (Å²) in [6.45, 7) is 5.70. The van der Waals surface area contributed by atoms with E-state index in [0.717, 1.165) is 37.4 Å². The third-order valence-electron chi connectivity index (χ3n) is 4.95. The largest absolute Gasteiger partial charge is 0.508 e. The molecule has 1 aromatic heterocycles. The number of aromatic nitrogens is 2. The predicted molar refractivity (Wildman–Crippen MR) is 105 cm³/mol. The number of phenolic OH excluding ortho intramolecular Hbond substituents is 1. The van der Waals surface area contributed by atoms with Gasteiger partial charge in [-0.3, -0.25) is 4.90 Å². The number of hydrogen-bond acceptors (Lipinski definition) is 6. The molecular formula is C20H21ClN4O2. The Morgan fingerprint density at radius 3 is 2.48 bits per heavy atom. The number of anilines is 1. The molecule has 2 heterocycles. The summed E-state index contributed by atoms with van der Waals surface area (Å²) in [5.74, 6) is 1.39. The van der Waals surface area contributed by atoms with Crippen LogP contribution in [0, 0.1) is 0 Å². The van der Waals surface area contributed by atoms with Crippen molar-refractivity contribution >= 4 is 17.3 Å². The van der Waals surface area contributed by atoms with Gasteiger partial charge in [0.2, 0.25) is 11.8 Å². The number of rotatable bonds is 4. The van der Waals surface area contributed by atoms with Crippen LogP contribution >= 0.6 is 11.6 Å². The number of hydrogen-bond donors (Lipinski definition) is 1. The van der Waals surface area contributed by atoms with Crippen LogP contribution in [-0.2, 0) is 0 Å². The van der Waals surface area contributed by atoms with Crippen LogP contribution in [0.3, 0.4) is 0 Å². The molecule has 1 N–H and O–H groups in total. The predicted octanol–water partition coefficient (Wildman–Crippen LogP) is 3.98. The normalized spacial score (nSPS) is 16.4. The van der Waals surface area contributed by atoms with Crippen molar-refractivity contribution in [3.63, 3.8) is 0 Å². The van der Waals surface area contributed by atoms with Crippen molar-refractivity contribution in [2.75, 3.05) is 31.1 Å². The zero-order valence-corrected chi connectivity index (χ0v) is 15.8. The van der Waals surface area contributed by atoms with E-state index < -0.39 is 0 Å². The standard InChI is InChI=1S/C20H21ClN4O2/c1-14(19-22-23-20(27-19)15-3-2-4-16(21)13-15)24-9-11-25(12-10-24)17-5-7-18(26)8-6-17/h2-8,13-14,26H,9-12H2,1H3/t14-/m1/s1. The number of piperazine rings is 1. The van der Waals surface area contributed by atoms with E-state index >= 15 is 0 Å². The van der Waals surface area contributed by atoms with E-state index in [9.17, 15) is 5.11 Å². The van der Waals surface area contributed by atoms with Gasteiger partial charge in [0.1, 0.15) is 5.75 Å². The first-order chi connectivity index (χ1) is 13.1. The van der Waals surface area contributed by atoms with Gasteiger partial charge in [0.15, 0.2) is 0 Å². The number of benzene rings is 2. The Bertz CT molecular complexity index is 904. The molecule has 0 radical (unpaired) electrons. The second kappa shape index (κ2) is 7.58. The molecule has 3 aromatic rings. The van der Waals surface area contributed by atoms with E-state index in [4.69, 9.17) is 16.0 Å². The van der Waals surface area contributed by atoms with E-state index in [1.54, 1.807) is 12.1 Å². The maximum absolute atomic E-state index is 9.44. The fourth-order valence-corrected chi connectivity index (χ4v) is 3.52. The van der Waals surface area contributed by atoms with Crippen LogP contribution in [-0.4, -0.2) is 46.4 Å². The first-order valence-electron chi connectivity index (χ1n) is 8.97. The monoisotopic (exact) mass is 384 g/mol. The van der Waals surface area contributed by atoms with E-state index in [0.29, 0.717) is 16.8 Å². The highest BCUT2D eigenvalue weighted by molar-refractivity contribution is 6.30. The molecule has 1 fully saturated rings. The molecule has 1 saturated heterocycles. The van der Waals surface area contributed by atoms with Crippen molar-refractivity contribution in [1.82, 2.24) is 15.1 Å². The van der Waals surface area contributed by atoms with Crippen LogP contribution in [0.5, 0.6) is 5.75 Å². The van der Waals surface area contributed by atoms with Crippen LogP contribution in [0.25, 0.3) is 11.5 Å². The van der Waals surface area contributed by atoms with Crippen LogP contribution in [0.4, 0.5) is 5.69 Å². The Kier molecular flexibility index (Phi) is 5.01. The molecular weight excluding hydrogens is 364 g/mol. The lowest BCUT2D eigenvalue weighted by molar-refractivity contribution is 0.174. The molecule has 140 valence electrons. The fourth-order valence-electron chi connectivity index (χ4n) is 3.33. The summed E-state index contributed by atoms with van der Waals surface area (Å²) < 4.78 is 5.90. The molecule has 0 aliphatic carbocycles. The van der Waals surface area contributed by atoms with Gasteiger partial charge >= 0.3 is 0 Å². The van der Waals surface area contributed by atoms with Crippen molar-refractivity contribution in [2.45, 2.75) is 13.0 Å². The van der Waals surface area contributed by atoms with Gasteiger partial charge < -0.3 is 14.4 Å². The van der Waals surface area contributed by atoms with Crippen LogP contribution in [0.1, 0.15) is 18.9 Å². The van der Waals surface area contributed by atoms with Gasteiger partial charge in [-0.1, -0.05) is 17.7 Å². The van der Waals surface area contributed by atoms with Gasteiger partial charge in [-0.15, -0.1) is 10.2 Å². The van der Waals surface area contributed by atoms with E-state index in [1.165, 1.54) is 0 Å². The Morgan fingerprint density at radius 2 is 1.78 bits per heavy atom. The molecule has 0 unspecified atom stereocenters. The first-order valence-corrected chi connectivity index (χ1v) is 9.35. The molecule has 7 heteroatoms. The summed E-state index contributed by atoms with van der Waals surface area (Å²) in [4.78, 5) is 4.65. The quantitative estimate of drug-likeness (QED) is 0.734. The molecule has 1 atom stereocenters. The summed E-state index contributed by atoms with van der Waals surface area (Å²) in [5.41, 5.74) is 1.95. The van der Waals surface area contributed by atoms with Crippen molar-refractivity contribution in [1.29, 1.82) is 0 Å². The van der Waals surface area contributed by atoms with Gasteiger partial charge in [-0.2, -0.15) is 0 Å². The first kappa shape index (κ1) is 17.8. The van der Waals surface area contributed by atoms with Crippen LogP contribution in [0.15, 0.2) is 52.9 Å². The molecule has 0 bridgehead atoms. The average molecular weight is 385 g/mol. The topological polar surface area (TPSA) is 65.6 Å². The van der Waals surface area contributed by atoms with E-state index in [1.807, 2.05) is 36.4 Å². The Labute approximate surface area is 163 Å². The van der Waals surface area contributed by atoms with E-state index in [-0.39, 0.29) is 11.8 Å². The minimum Gasteiger partial charge on any atom is -0.508 e. The molecule has 1 aliphatic rings. The molecule has 0 spiro atoms. The summed E-state index contributed by atoms with van der Waals surface area (Å²) in [6, 6.07) is 14.8. The highest BCUT2D eigenvalue weighted by atomic mass is 35.5. The van der Waals surface area contributed by atoms with Gasteiger partial charge in [0, 0.05) is 42.5 Å². The van der Waals surface area contributed by atoms with Gasteiger partial charge in [-0.05, 0) is 49.4 Å². The zero-order valence-electron chi connectivity index (χ0n) is 15.0. The molecule has 27 heavy (non-hydrogen) atoms. The number of aromatic hydroxyl groups is 1. The molecule has 2 aromatic carbocycles. The van der Waals surface area contributed by atoms with Gasteiger partial charge in [0.25, 0.3) is 0 Å². The molecule has 0 saturated carbocycles. The lowest BCUT2D eigenvalue weighted by Crippen LogP contribution is -2.47. The highest BCUT2D eigenvalue weighted by Crippen LogP contribution is 2.27. The van der Waals surface area contributed by atoms with E-state index in [2.05, 4.69) is 26.9 Å². The lowest BCUT2D eigenvalue weighted by Gasteiger charge is -2.38. The van der Waals surface area contributed by atoms with Crippen LogP contribution < -0.4 is 4.90 Å². The van der Waals surface area contributed by atoms with Crippen molar-refractivity contribution < 1.29 is 9.52 Å².